The van der Waals surface area contributed by atoms with Crippen molar-refractivity contribution in [3.05, 3.63) is 16.4 Å². The van der Waals surface area contributed by atoms with Gasteiger partial charge in [0, 0.05) is 0 Å². The molecule has 0 aliphatic carbocycles. The first-order chi connectivity index (χ1) is 8.83. The molecule has 7 heteroatoms. The summed E-state index contributed by atoms with van der Waals surface area (Å²) in [7, 11) is -3.05. The van der Waals surface area contributed by atoms with Gasteiger partial charge in [0.15, 0.2) is 16.1 Å². The Morgan fingerprint density at radius 1 is 1.53 bits per heavy atom. The molecule has 106 valence electrons. The standard InChI is InChI=1S/C12H17ClN2O3S/c1-3-4-10-9(7-16)11(13)15(14-10)12(2)5-6-19(17,18)8-12/h7H,3-6,8H2,1-2H3. The minimum Gasteiger partial charge on any atom is -0.298 e. The predicted molar refractivity (Wildman–Crippen MR) is 73.5 cm³/mol. The third kappa shape index (κ3) is 2.56. The summed E-state index contributed by atoms with van der Waals surface area (Å²) in [4.78, 5) is 11.1. The van der Waals surface area contributed by atoms with Crippen LogP contribution in [0.5, 0.6) is 0 Å². The summed E-state index contributed by atoms with van der Waals surface area (Å²) in [6, 6.07) is 0. The van der Waals surface area contributed by atoms with Crippen LogP contribution >= 0.6 is 11.6 Å². The summed E-state index contributed by atoms with van der Waals surface area (Å²) in [5, 5.41) is 4.63. The van der Waals surface area contributed by atoms with E-state index in [1.54, 1.807) is 0 Å². The average molecular weight is 305 g/mol. The molecule has 0 aromatic carbocycles. The minimum atomic E-state index is -3.05. The molecule has 1 fully saturated rings. The summed E-state index contributed by atoms with van der Waals surface area (Å²) >= 11 is 6.20. The number of rotatable bonds is 4. The van der Waals surface area contributed by atoms with Crippen LogP contribution in [0.1, 0.15) is 42.7 Å². The van der Waals surface area contributed by atoms with Crippen LogP contribution < -0.4 is 0 Å². The lowest BCUT2D eigenvalue weighted by molar-refractivity contribution is 0.112. The first-order valence-corrected chi connectivity index (χ1v) is 8.46. The molecule has 19 heavy (non-hydrogen) atoms. The summed E-state index contributed by atoms with van der Waals surface area (Å²) in [6.45, 7) is 3.81. The largest absolute Gasteiger partial charge is 0.298 e. The third-order valence-corrected chi connectivity index (χ3v) is 5.79. The molecular weight excluding hydrogens is 288 g/mol. The van der Waals surface area contributed by atoms with Crippen molar-refractivity contribution in [2.75, 3.05) is 11.5 Å². The number of aromatic nitrogens is 2. The molecule has 1 aliphatic heterocycles. The molecule has 5 nitrogen and oxygen atoms in total. The van der Waals surface area contributed by atoms with E-state index < -0.39 is 15.4 Å². The van der Waals surface area contributed by atoms with E-state index in [1.165, 1.54) is 4.68 Å². The Labute approximate surface area is 117 Å². The monoisotopic (exact) mass is 304 g/mol. The van der Waals surface area contributed by atoms with Crippen LogP contribution in [-0.4, -0.2) is 36.0 Å². The number of aldehydes is 1. The summed E-state index contributed by atoms with van der Waals surface area (Å²) < 4.78 is 24.8. The van der Waals surface area contributed by atoms with Crippen LogP contribution in [0.15, 0.2) is 0 Å². The number of sulfone groups is 1. The Balaban J connectivity index is 2.49. The molecule has 2 heterocycles. The number of aryl methyl sites for hydroxylation is 1. The van der Waals surface area contributed by atoms with Gasteiger partial charge in [0.2, 0.25) is 0 Å². The second kappa shape index (κ2) is 4.90. The molecule has 2 rings (SSSR count). The average Bonchev–Trinajstić information content (AvgIpc) is 2.78. The molecule has 0 saturated carbocycles. The van der Waals surface area contributed by atoms with Crippen LogP contribution in [-0.2, 0) is 21.8 Å². The van der Waals surface area contributed by atoms with Gasteiger partial charge in [-0.1, -0.05) is 24.9 Å². The SMILES string of the molecule is CCCc1nn(C2(C)CCS(=O)(=O)C2)c(Cl)c1C=O. The van der Waals surface area contributed by atoms with Crippen molar-refractivity contribution < 1.29 is 13.2 Å². The van der Waals surface area contributed by atoms with Gasteiger partial charge in [-0.25, -0.2) is 13.1 Å². The second-order valence-corrected chi connectivity index (χ2v) is 7.81. The summed E-state index contributed by atoms with van der Waals surface area (Å²) in [5.41, 5.74) is 0.377. The number of carbonyl (C=O) groups is 1. The van der Waals surface area contributed by atoms with Crippen molar-refractivity contribution >= 4 is 27.7 Å². The Bertz CT molecular complexity index is 609. The van der Waals surface area contributed by atoms with Gasteiger partial charge in [-0.05, 0) is 19.8 Å². The fourth-order valence-electron chi connectivity index (χ4n) is 2.51. The lowest BCUT2D eigenvalue weighted by Gasteiger charge is -2.23. The molecule has 1 saturated heterocycles. The maximum absolute atomic E-state index is 11.7. The highest BCUT2D eigenvalue weighted by Crippen LogP contribution is 2.34. The maximum atomic E-state index is 11.7. The van der Waals surface area contributed by atoms with Crippen molar-refractivity contribution in [1.29, 1.82) is 0 Å². The van der Waals surface area contributed by atoms with Crippen molar-refractivity contribution in [3.8, 4) is 0 Å². The van der Waals surface area contributed by atoms with E-state index >= 15 is 0 Å². The van der Waals surface area contributed by atoms with Gasteiger partial charge < -0.3 is 0 Å². The van der Waals surface area contributed by atoms with Crippen molar-refractivity contribution in [3.63, 3.8) is 0 Å². The molecule has 0 amide bonds. The van der Waals surface area contributed by atoms with Gasteiger partial charge in [-0.2, -0.15) is 5.10 Å². The normalized spacial score (nSPS) is 25.6. The van der Waals surface area contributed by atoms with E-state index in [9.17, 15) is 13.2 Å². The highest BCUT2D eigenvalue weighted by atomic mass is 35.5. The Hall–Kier alpha value is -0.880. The smallest absolute Gasteiger partial charge is 0.155 e. The third-order valence-electron chi connectivity index (χ3n) is 3.54. The van der Waals surface area contributed by atoms with Crippen molar-refractivity contribution in [2.24, 2.45) is 0 Å². The lowest BCUT2D eigenvalue weighted by Crippen LogP contribution is -2.32. The molecule has 1 aliphatic rings. The first-order valence-electron chi connectivity index (χ1n) is 6.26. The fraction of sp³-hybridized carbons (Fsp3) is 0.667. The van der Waals surface area contributed by atoms with Gasteiger partial charge in [-0.15, -0.1) is 0 Å². The van der Waals surface area contributed by atoms with Gasteiger partial charge in [0.05, 0.1) is 28.3 Å². The van der Waals surface area contributed by atoms with Gasteiger partial charge in [0.1, 0.15) is 5.15 Å². The quantitative estimate of drug-likeness (QED) is 0.796. The maximum Gasteiger partial charge on any atom is 0.155 e. The number of nitrogens with zero attached hydrogens (tertiary/aromatic N) is 2. The molecule has 0 N–H and O–H groups in total. The minimum absolute atomic E-state index is 0.0191. The molecule has 0 radical (unpaired) electrons. The zero-order valence-corrected chi connectivity index (χ0v) is 12.6. The lowest BCUT2D eigenvalue weighted by atomic mass is 10.0. The van der Waals surface area contributed by atoms with Crippen LogP contribution in [0.2, 0.25) is 5.15 Å². The summed E-state index contributed by atoms with van der Waals surface area (Å²) in [6.07, 6.45) is 2.68. The van der Waals surface area contributed by atoms with Gasteiger partial charge in [0.25, 0.3) is 0 Å². The van der Waals surface area contributed by atoms with Crippen molar-refractivity contribution in [1.82, 2.24) is 9.78 Å². The topological polar surface area (TPSA) is 69.0 Å². The number of halogens is 1. The number of hydrogen-bond acceptors (Lipinski definition) is 4. The fourth-order valence-corrected chi connectivity index (χ4v) is 5.01. The highest BCUT2D eigenvalue weighted by Gasteiger charge is 2.42. The van der Waals surface area contributed by atoms with Gasteiger partial charge in [-0.3, -0.25) is 4.79 Å². The van der Waals surface area contributed by atoms with Crippen LogP contribution in [0.25, 0.3) is 0 Å². The van der Waals surface area contributed by atoms with Crippen molar-refractivity contribution in [2.45, 2.75) is 38.6 Å². The number of hydrogen-bond donors (Lipinski definition) is 0. The van der Waals surface area contributed by atoms with E-state index in [-0.39, 0.29) is 16.7 Å². The molecular formula is C12H17ClN2O3S. The van der Waals surface area contributed by atoms with E-state index in [0.717, 1.165) is 6.42 Å². The van der Waals surface area contributed by atoms with Crippen LogP contribution in [0, 0.1) is 0 Å². The summed E-state index contributed by atoms with van der Waals surface area (Å²) in [5.74, 6) is 0.157. The zero-order valence-electron chi connectivity index (χ0n) is 11.0. The van der Waals surface area contributed by atoms with E-state index in [1.807, 2.05) is 13.8 Å². The molecule has 1 aromatic rings. The zero-order chi connectivity index (χ0) is 14.3. The van der Waals surface area contributed by atoms with E-state index in [2.05, 4.69) is 5.10 Å². The molecule has 1 atom stereocenters. The molecule has 0 bridgehead atoms. The molecule has 0 spiro atoms. The van der Waals surface area contributed by atoms with Gasteiger partial charge >= 0.3 is 0 Å². The van der Waals surface area contributed by atoms with E-state index in [0.29, 0.717) is 30.4 Å². The second-order valence-electron chi connectivity index (χ2n) is 5.27. The molecule has 1 aromatic heterocycles. The predicted octanol–water partition coefficient (Wildman–Crippen LogP) is 1.84. The highest BCUT2D eigenvalue weighted by molar-refractivity contribution is 7.91. The Morgan fingerprint density at radius 3 is 2.68 bits per heavy atom. The van der Waals surface area contributed by atoms with E-state index in [4.69, 9.17) is 11.6 Å². The molecule has 1 unspecified atom stereocenters. The van der Waals surface area contributed by atoms with Crippen LogP contribution in [0.3, 0.4) is 0 Å². The Morgan fingerprint density at radius 2 is 2.21 bits per heavy atom. The van der Waals surface area contributed by atoms with Crippen LogP contribution in [0.4, 0.5) is 0 Å². The number of carbonyl (C=O) groups excluding carboxylic acids is 1. The first kappa shape index (κ1) is 14.5. The Kier molecular flexibility index (Phi) is 3.75.